The van der Waals surface area contributed by atoms with Crippen LogP contribution in [0.1, 0.15) is 0 Å². The lowest BCUT2D eigenvalue weighted by atomic mass is 9.97. The van der Waals surface area contributed by atoms with E-state index in [4.69, 9.17) is 19.9 Å². The first-order valence-electron chi connectivity index (χ1n) is 35.9. The minimum absolute atomic E-state index is 0.697. The topological polar surface area (TPSA) is 71.3 Å². The van der Waals surface area contributed by atoms with E-state index in [1.54, 1.807) is 0 Å². The van der Waals surface area contributed by atoms with Gasteiger partial charge in [-0.2, -0.15) is 0 Å². The molecule has 0 N–H and O–H groups in total. The van der Waals surface area contributed by atoms with Gasteiger partial charge in [0.25, 0.3) is 0 Å². The number of hydrogen-bond acceptors (Lipinski definition) is 4. The molecule has 6 heterocycles. The maximum Gasteiger partial charge on any atom is 0.162 e. The molecule has 0 saturated carbocycles. The SMILES string of the molecule is c1ccc(-c2ccc3c(c2)c2cc(-c4cccc(-c5nc(-c6ccccc6)nc6c5c5ccccc5n6-c5ccccc5)c4)ccc2n3-c2ccccc2)cc1.c1ccc(-c2nc(-c3cccc(-c4ccc5c(c4)c4ccccc4n5-c4ccccc4)c3)c3c4ccccc4n(-c4ccccc4)c3n2)cc1. The Morgan fingerprint density at radius 2 is 0.425 bits per heavy atom. The highest BCUT2D eigenvalue weighted by molar-refractivity contribution is 6.17. The summed E-state index contributed by atoms with van der Waals surface area (Å²) >= 11 is 0. The lowest BCUT2D eigenvalue weighted by molar-refractivity contribution is 1.11. The number of aromatic nitrogens is 8. The number of para-hydroxylation sites is 7. The van der Waals surface area contributed by atoms with Crippen molar-refractivity contribution in [3.05, 3.63) is 388 Å². The van der Waals surface area contributed by atoms with Gasteiger partial charge in [0.05, 0.1) is 55.3 Å². The molecule has 0 amide bonds. The maximum absolute atomic E-state index is 5.37. The standard InChI is InChI=1S/C52H34N4.C46H30N4/c1-5-16-35(17-6-1)38-28-30-47-44(33-38)45-34-39(29-31-48(45)55(47)41-22-9-3-10-23-41)37-20-15-21-40(32-37)50-49-43-26-13-14-27-46(43)56(42-24-11-4-12-25-42)52(49)54-51(53-50)36-18-7-2-8-19-36;1-4-15-31(16-5-1)45-47-44(43-38-24-11-13-26-41(38)50(46(43)48-45)36-21-8-3-9-22-36)34-18-14-17-32(29-34)33-27-28-42-39(30-33)37-23-10-12-25-40(37)49(42)35-19-6-2-7-20-35/h1-34H;1-30H. The van der Waals surface area contributed by atoms with E-state index in [1.165, 1.54) is 54.7 Å². The minimum Gasteiger partial charge on any atom is -0.309 e. The summed E-state index contributed by atoms with van der Waals surface area (Å²) in [6.07, 6.45) is 0. The van der Waals surface area contributed by atoms with E-state index in [-0.39, 0.29) is 0 Å². The van der Waals surface area contributed by atoms with Crippen LogP contribution in [0.15, 0.2) is 388 Å². The summed E-state index contributed by atoms with van der Waals surface area (Å²) in [4.78, 5) is 21.3. The first-order valence-corrected chi connectivity index (χ1v) is 35.9. The summed E-state index contributed by atoms with van der Waals surface area (Å²) in [5, 5.41) is 9.24. The van der Waals surface area contributed by atoms with Crippen molar-refractivity contribution in [2.45, 2.75) is 0 Å². The predicted octanol–water partition coefficient (Wildman–Crippen LogP) is 25.0. The fourth-order valence-corrected chi connectivity index (χ4v) is 15.8. The molecule has 21 rings (SSSR count). The fourth-order valence-electron chi connectivity index (χ4n) is 15.8. The Labute approximate surface area is 611 Å². The van der Waals surface area contributed by atoms with E-state index in [2.05, 4.69) is 370 Å². The van der Waals surface area contributed by atoms with Gasteiger partial charge in [-0.15, -0.1) is 0 Å². The lowest BCUT2D eigenvalue weighted by Gasteiger charge is -2.11. The Morgan fingerprint density at radius 3 is 0.811 bits per heavy atom. The zero-order valence-electron chi connectivity index (χ0n) is 57.5. The first-order chi connectivity index (χ1) is 52.6. The largest absolute Gasteiger partial charge is 0.309 e. The average Bonchev–Trinajstić information content (AvgIpc) is 1.60. The highest BCUT2D eigenvalue weighted by atomic mass is 15.1. The van der Waals surface area contributed by atoms with Crippen molar-refractivity contribution in [1.82, 2.24) is 38.2 Å². The van der Waals surface area contributed by atoms with Crippen molar-refractivity contribution in [3.8, 4) is 101 Å². The molecular formula is C98H64N8. The molecule has 8 nitrogen and oxygen atoms in total. The maximum atomic E-state index is 5.37. The second-order valence-corrected chi connectivity index (χ2v) is 26.9. The molecule has 0 spiro atoms. The molecule has 0 fully saturated rings. The van der Waals surface area contributed by atoms with Crippen molar-refractivity contribution in [1.29, 1.82) is 0 Å². The van der Waals surface area contributed by atoms with E-state index in [0.717, 1.165) is 123 Å². The van der Waals surface area contributed by atoms with Gasteiger partial charge < -0.3 is 9.13 Å². The van der Waals surface area contributed by atoms with E-state index in [9.17, 15) is 0 Å². The third kappa shape index (κ3) is 10.6. The third-order valence-corrected chi connectivity index (χ3v) is 20.6. The summed E-state index contributed by atoms with van der Waals surface area (Å²) in [7, 11) is 0. The van der Waals surface area contributed by atoms with Crippen LogP contribution in [0.5, 0.6) is 0 Å². The monoisotopic (exact) mass is 1350 g/mol. The van der Waals surface area contributed by atoms with Crippen LogP contribution in [0.3, 0.4) is 0 Å². The molecule has 0 unspecified atom stereocenters. The van der Waals surface area contributed by atoms with Crippen LogP contribution >= 0.6 is 0 Å². The smallest absolute Gasteiger partial charge is 0.162 e. The zero-order valence-corrected chi connectivity index (χ0v) is 57.5. The average molecular weight is 1350 g/mol. The van der Waals surface area contributed by atoms with Gasteiger partial charge in [-0.25, -0.2) is 19.9 Å². The number of hydrogen-bond donors (Lipinski definition) is 0. The van der Waals surface area contributed by atoms with Crippen molar-refractivity contribution < 1.29 is 0 Å². The van der Waals surface area contributed by atoms with Gasteiger partial charge >= 0.3 is 0 Å². The quantitative estimate of drug-likeness (QED) is 0.129. The van der Waals surface area contributed by atoms with Crippen molar-refractivity contribution >= 4 is 87.5 Å². The number of fused-ring (bicyclic) bond motifs is 12. The molecule has 15 aromatic carbocycles. The number of nitrogens with zero attached hydrogens (tertiary/aromatic N) is 8. The molecule has 8 heteroatoms. The Morgan fingerprint density at radius 1 is 0.160 bits per heavy atom. The summed E-state index contributed by atoms with van der Waals surface area (Å²) < 4.78 is 9.27. The molecule has 0 aliphatic rings. The number of rotatable bonds is 11. The predicted molar refractivity (Wildman–Crippen MR) is 439 cm³/mol. The van der Waals surface area contributed by atoms with E-state index < -0.39 is 0 Å². The fraction of sp³-hybridized carbons (Fsp3) is 0. The summed E-state index contributed by atoms with van der Waals surface area (Å²) in [5.41, 5.74) is 26.0. The van der Waals surface area contributed by atoms with Crippen LogP contribution in [0.25, 0.3) is 189 Å². The molecule has 0 radical (unpaired) electrons. The molecule has 0 bridgehead atoms. The Bertz CT molecular complexity index is 6900. The second kappa shape index (κ2) is 25.9. The van der Waals surface area contributed by atoms with Crippen LogP contribution in [-0.2, 0) is 0 Å². The normalized spacial score (nSPS) is 11.6. The highest BCUT2D eigenvalue weighted by Crippen LogP contribution is 2.44. The van der Waals surface area contributed by atoms with Crippen LogP contribution < -0.4 is 0 Å². The zero-order chi connectivity index (χ0) is 70.0. The van der Waals surface area contributed by atoms with Crippen LogP contribution in [0, 0.1) is 0 Å². The van der Waals surface area contributed by atoms with Gasteiger partial charge in [-0.1, -0.05) is 273 Å². The molecule has 0 aliphatic carbocycles. The lowest BCUT2D eigenvalue weighted by Crippen LogP contribution is -1.99. The van der Waals surface area contributed by atoms with Gasteiger partial charge in [-0.05, 0) is 149 Å². The molecule has 496 valence electrons. The van der Waals surface area contributed by atoms with E-state index >= 15 is 0 Å². The minimum atomic E-state index is 0.697. The molecule has 0 aliphatic heterocycles. The van der Waals surface area contributed by atoms with Crippen molar-refractivity contribution in [2.75, 3.05) is 0 Å². The Balaban J connectivity index is 0.000000141. The summed E-state index contributed by atoms with van der Waals surface area (Å²) in [5.74, 6) is 1.40. The third-order valence-electron chi connectivity index (χ3n) is 20.6. The van der Waals surface area contributed by atoms with Gasteiger partial charge in [0, 0.05) is 77.3 Å². The van der Waals surface area contributed by atoms with Crippen LogP contribution in [-0.4, -0.2) is 38.2 Å². The molecule has 106 heavy (non-hydrogen) atoms. The second-order valence-electron chi connectivity index (χ2n) is 26.9. The highest BCUT2D eigenvalue weighted by Gasteiger charge is 2.25. The summed E-state index contributed by atoms with van der Waals surface area (Å²) in [6.45, 7) is 0. The van der Waals surface area contributed by atoms with E-state index in [1.807, 2.05) is 36.4 Å². The molecule has 21 aromatic rings. The van der Waals surface area contributed by atoms with Gasteiger partial charge in [0.2, 0.25) is 0 Å². The van der Waals surface area contributed by atoms with Crippen molar-refractivity contribution in [3.63, 3.8) is 0 Å². The first kappa shape index (κ1) is 61.5. The van der Waals surface area contributed by atoms with Gasteiger partial charge in [0.15, 0.2) is 11.6 Å². The van der Waals surface area contributed by atoms with E-state index in [0.29, 0.717) is 11.6 Å². The van der Waals surface area contributed by atoms with Crippen LogP contribution in [0.4, 0.5) is 0 Å². The number of benzene rings is 15. The Kier molecular flexibility index (Phi) is 15.0. The van der Waals surface area contributed by atoms with Gasteiger partial charge in [-0.3, -0.25) is 9.13 Å². The molecule has 0 atom stereocenters. The van der Waals surface area contributed by atoms with Gasteiger partial charge in [0.1, 0.15) is 11.3 Å². The molecule has 0 saturated heterocycles. The van der Waals surface area contributed by atoms with Crippen LogP contribution in [0.2, 0.25) is 0 Å². The van der Waals surface area contributed by atoms with Crippen molar-refractivity contribution in [2.24, 2.45) is 0 Å². The summed E-state index contributed by atoms with van der Waals surface area (Å²) in [6, 6.07) is 137. The molecule has 6 aromatic heterocycles. The Hall–Kier alpha value is -14.3. The molecular weight excluding hydrogens is 1290 g/mol.